The fourth-order valence-corrected chi connectivity index (χ4v) is 26.0. The first-order valence-corrected chi connectivity index (χ1v) is 24.1. The maximum atomic E-state index is 13.8. The van der Waals surface area contributed by atoms with Crippen LogP contribution >= 0.6 is 0 Å². The van der Waals surface area contributed by atoms with Crippen LogP contribution in [0.2, 0.25) is 31.4 Å². The van der Waals surface area contributed by atoms with Crippen molar-refractivity contribution in [3.8, 4) is 0 Å². The summed E-state index contributed by atoms with van der Waals surface area (Å²) in [6.45, 7) is 18.0. The summed E-state index contributed by atoms with van der Waals surface area (Å²) in [5.74, 6) is 0. The van der Waals surface area contributed by atoms with Crippen LogP contribution in [0.5, 0.6) is 0 Å². The van der Waals surface area contributed by atoms with Gasteiger partial charge in [-0.15, -0.1) is 0 Å². The van der Waals surface area contributed by atoms with Crippen molar-refractivity contribution in [3.05, 3.63) is 6.20 Å². The normalized spacial score (nSPS) is 13.9. The van der Waals surface area contributed by atoms with Gasteiger partial charge >= 0.3 is 199 Å². The van der Waals surface area contributed by atoms with Gasteiger partial charge in [-0.25, -0.2) is 0 Å². The summed E-state index contributed by atoms with van der Waals surface area (Å²) in [5.41, 5.74) is 0.842. The van der Waals surface area contributed by atoms with Crippen LogP contribution in [0.3, 0.4) is 0 Å². The molecular formula is C23H49N3O2SSiSn. The van der Waals surface area contributed by atoms with Gasteiger partial charge in [-0.1, -0.05) is 0 Å². The number of unbranched alkanes of at least 4 members (excludes halogenated alkanes) is 3. The zero-order valence-corrected chi connectivity index (χ0v) is 26.7. The first-order chi connectivity index (χ1) is 14.2. The Hall–Kier alpha value is 0.136. The van der Waals surface area contributed by atoms with Crippen molar-refractivity contribution in [2.45, 2.75) is 112 Å². The molecular weight excluding hydrogens is 529 g/mol. The molecule has 0 amide bonds. The molecule has 1 aromatic heterocycles. The standard InChI is InChI=1S/C11H22N3O2SSi.3C4H9.Sn/c1-11(2,3)18(6,7)10-12-8-9-14(10)17(15,16)13(4)5;3*1-3-4-2;/h8H,1-7H3;3*1,3-4H2,2H3;. The van der Waals surface area contributed by atoms with Crippen LogP contribution in [-0.4, -0.2) is 62.2 Å². The third-order valence-electron chi connectivity index (χ3n) is 7.42. The molecule has 1 rings (SSSR count). The van der Waals surface area contributed by atoms with Crippen LogP contribution in [0.1, 0.15) is 80.1 Å². The van der Waals surface area contributed by atoms with Gasteiger partial charge in [0.05, 0.1) is 0 Å². The van der Waals surface area contributed by atoms with Crippen LogP contribution in [-0.2, 0) is 10.2 Å². The Labute approximate surface area is 198 Å². The van der Waals surface area contributed by atoms with Crippen molar-refractivity contribution in [1.82, 2.24) is 13.3 Å². The summed E-state index contributed by atoms with van der Waals surface area (Å²) in [4.78, 5) is 4.96. The monoisotopic (exact) mass is 579 g/mol. The molecule has 0 unspecified atom stereocenters. The van der Waals surface area contributed by atoms with Crippen molar-refractivity contribution in [2.75, 3.05) is 14.1 Å². The summed E-state index contributed by atoms with van der Waals surface area (Å²) < 4.78 is 35.6. The average molecular weight is 579 g/mol. The molecule has 0 aliphatic carbocycles. The first-order valence-electron chi connectivity index (χ1n) is 12.2. The van der Waals surface area contributed by atoms with E-state index in [1.807, 2.05) is 6.20 Å². The number of hydrogen-bond donors (Lipinski definition) is 0. The van der Waals surface area contributed by atoms with E-state index in [0.29, 0.717) is 0 Å². The Bertz CT molecular complexity index is 776. The molecule has 1 aromatic rings. The molecule has 182 valence electrons. The predicted molar refractivity (Wildman–Crippen MR) is 142 cm³/mol. The van der Waals surface area contributed by atoms with Gasteiger partial charge in [-0.2, -0.15) is 0 Å². The maximum absolute atomic E-state index is 13.8. The molecule has 0 spiro atoms. The van der Waals surface area contributed by atoms with E-state index in [2.05, 4.69) is 54.6 Å². The summed E-state index contributed by atoms with van der Waals surface area (Å²) in [5, 5.41) is 0.0175. The van der Waals surface area contributed by atoms with E-state index in [-0.39, 0.29) is 5.04 Å². The number of imidazole rings is 1. The summed E-state index contributed by atoms with van der Waals surface area (Å²) in [6, 6.07) is 0. The van der Waals surface area contributed by atoms with Crippen molar-refractivity contribution >= 4 is 45.8 Å². The molecule has 0 atom stereocenters. The van der Waals surface area contributed by atoms with Crippen molar-refractivity contribution in [2.24, 2.45) is 0 Å². The fourth-order valence-electron chi connectivity index (χ4n) is 4.15. The Morgan fingerprint density at radius 1 is 0.968 bits per heavy atom. The van der Waals surface area contributed by atoms with E-state index in [1.54, 1.807) is 18.1 Å². The molecule has 0 saturated heterocycles. The molecule has 0 radical (unpaired) electrons. The van der Waals surface area contributed by atoms with Crippen molar-refractivity contribution < 1.29 is 8.42 Å². The average Bonchev–Trinajstić information content (AvgIpc) is 3.14. The molecule has 0 aromatic carbocycles. The van der Waals surface area contributed by atoms with Crippen molar-refractivity contribution in [1.29, 1.82) is 0 Å². The quantitative estimate of drug-likeness (QED) is 0.298. The second kappa shape index (κ2) is 11.5. The second-order valence-electron chi connectivity index (χ2n) is 11.0. The predicted octanol–water partition coefficient (Wildman–Crippen LogP) is 5.31. The van der Waals surface area contributed by atoms with E-state index in [4.69, 9.17) is 4.98 Å². The summed E-state index contributed by atoms with van der Waals surface area (Å²) >= 11 is -3.01. The van der Waals surface area contributed by atoms with E-state index in [0.717, 1.165) is 9.16 Å². The molecule has 0 N–H and O–H groups in total. The van der Waals surface area contributed by atoms with Crippen LogP contribution in [0.4, 0.5) is 0 Å². The Balaban J connectivity index is 3.95. The Kier molecular flexibility index (Phi) is 10.8. The van der Waals surface area contributed by atoms with Crippen LogP contribution in [0.15, 0.2) is 6.20 Å². The van der Waals surface area contributed by atoms with Crippen LogP contribution < -0.4 is 9.16 Å². The van der Waals surface area contributed by atoms with E-state index >= 15 is 0 Å². The van der Waals surface area contributed by atoms with Crippen LogP contribution in [0, 0.1) is 0 Å². The van der Waals surface area contributed by atoms with Gasteiger partial charge in [0.1, 0.15) is 0 Å². The third-order valence-corrected chi connectivity index (χ3v) is 30.3. The van der Waals surface area contributed by atoms with Gasteiger partial charge in [0.2, 0.25) is 0 Å². The van der Waals surface area contributed by atoms with Crippen molar-refractivity contribution in [3.63, 3.8) is 0 Å². The minimum atomic E-state index is -3.62. The molecule has 0 saturated carbocycles. The molecule has 5 nitrogen and oxygen atoms in total. The fraction of sp³-hybridized carbons (Fsp3) is 0.870. The molecule has 0 aliphatic rings. The van der Waals surface area contributed by atoms with Gasteiger partial charge in [0.25, 0.3) is 0 Å². The van der Waals surface area contributed by atoms with Gasteiger partial charge < -0.3 is 0 Å². The SMILES string of the molecule is CCC[CH2][Sn]([CH2]CCC)([CH2]CCC)[c]1cnc([Si](C)(C)C(C)(C)C)n1S(=O)(=O)N(C)C. The molecule has 0 aliphatic heterocycles. The van der Waals surface area contributed by atoms with Gasteiger partial charge in [-0.05, 0) is 0 Å². The van der Waals surface area contributed by atoms with Gasteiger partial charge in [-0.3, -0.25) is 0 Å². The zero-order valence-electron chi connectivity index (χ0n) is 22.0. The summed E-state index contributed by atoms with van der Waals surface area (Å²) in [6.07, 6.45) is 9.13. The molecule has 1 heterocycles. The zero-order chi connectivity index (χ0) is 24.1. The third kappa shape index (κ3) is 6.38. The van der Waals surface area contributed by atoms with E-state index in [9.17, 15) is 8.42 Å². The number of rotatable bonds is 13. The van der Waals surface area contributed by atoms with Crippen LogP contribution in [0.25, 0.3) is 0 Å². The van der Waals surface area contributed by atoms with E-state index in [1.165, 1.54) is 56.1 Å². The molecule has 31 heavy (non-hydrogen) atoms. The van der Waals surface area contributed by atoms with Gasteiger partial charge in [0, 0.05) is 0 Å². The minimum absolute atomic E-state index is 0.0175. The Morgan fingerprint density at radius 2 is 1.39 bits per heavy atom. The molecule has 8 heteroatoms. The topological polar surface area (TPSA) is 55.2 Å². The Morgan fingerprint density at radius 3 is 1.71 bits per heavy atom. The molecule has 0 fully saturated rings. The number of nitrogens with zero attached hydrogens (tertiary/aromatic N) is 3. The number of hydrogen-bond acceptors (Lipinski definition) is 3. The van der Waals surface area contributed by atoms with Gasteiger partial charge in [0.15, 0.2) is 0 Å². The second-order valence-corrected chi connectivity index (χ2v) is 31.2. The molecule has 0 bridgehead atoms. The number of aromatic nitrogens is 2. The summed E-state index contributed by atoms with van der Waals surface area (Å²) in [7, 11) is -2.45. The van der Waals surface area contributed by atoms with E-state index < -0.39 is 36.7 Å². The first kappa shape index (κ1) is 29.2.